The number of phenols is 1. The van der Waals surface area contributed by atoms with E-state index in [2.05, 4.69) is 26.1 Å². The number of rotatable bonds is 2. The molecule has 2 aliphatic carbocycles. The summed E-state index contributed by atoms with van der Waals surface area (Å²) in [6.07, 6.45) is 3.99. The fourth-order valence-electron chi connectivity index (χ4n) is 4.43. The Bertz CT molecular complexity index is 509. The van der Waals surface area contributed by atoms with Crippen LogP contribution in [0.4, 0.5) is 5.69 Å². The average Bonchev–Trinajstić information content (AvgIpc) is 2.80. The fraction of sp³-hybridized carbons (Fsp3) is 0.625. The zero-order valence-electron chi connectivity index (χ0n) is 11.8. The highest BCUT2D eigenvalue weighted by Gasteiger charge is 2.59. The van der Waals surface area contributed by atoms with E-state index >= 15 is 0 Å². The number of hydrogen-bond acceptors (Lipinski definition) is 2. The summed E-state index contributed by atoms with van der Waals surface area (Å²) >= 11 is 5.99. The van der Waals surface area contributed by atoms with Crippen LogP contribution < -0.4 is 5.32 Å². The first-order valence-corrected chi connectivity index (χ1v) is 7.46. The molecule has 3 heteroatoms. The molecule has 2 fully saturated rings. The molecule has 2 bridgehead atoms. The van der Waals surface area contributed by atoms with Gasteiger partial charge in [0, 0.05) is 11.7 Å². The average molecular weight is 280 g/mol. The normalized spacial score (nSPS) is 35.6. The molecule has 1 unspecified atom stereocenters. The summed E-state index contributed by atoms with van der Waals surface area (Å²) in [5, 5.41) is 13.6. The second kappa shape index (κ2) is 4.05. The summed E-state index contributed by atoms with van der Waals surface area (Å²) in [7, 11) is 0. The molecule has 3 rings (SSSR count). The molecule has 19 heavy (non-hydrogen) atoms. The predicted molar refractivity (Wildman–Crippen MR) is 79.8 cm³/mol. The summed E-state index contributed by atoms with van der Waals surface area (Å²) in [6.45, 7) is 7.16. The third kappa shape index (κ3) is 1.92. The van der Waals surface area contributed by atoms with Gasteiger partial charge in [0.15, 0.2) is 0 Å². The number of hydrogen-bond donors (Lipinski definition) is 2. The van der Waals surface area contributed by atoms with Crippen LogP contribution in [0.25, 0.3) is 0 Å². The lowest BCUT2D eigenvalue weighted by molar-refractivity contribution is 0.155. The third-order valence-electron chi connectivity index (χ3n) is 5.53. The first-order valence-electron chi connectivity index (χ1n) is 7.08. The van der Waals surface area contributed by atoms with Gasteiger partial charge in [0.1, 0.15) is 5.75 Å². The van der Waals surface area contributed by atoms with Crippen LogP contribution >= 0.6 is 11.6 Å². The molecule has 2 aliphatic rings. The van der Waals surface area contributed by atoms with E-state index in [0.717, 1.165) is 11.6 Å². The van der Waals surface area contributed by atoms with Crippen molar-refractivity contribution in [2.45, 2.75) is 46.1 Å². The Morgan fingerprint density at radius 1 is 1.32 bits per heavy atom. The standard InChI is InChI=1S/C16H22ClNO/c1-15(2)10-6-7-16(3,9-10)14(15)18-11-4-5-13(19)12(17)8-11/h4-5,8,10,14,18-19H,6-7,9H2,1-3H3/t10-,14?,16+/m0/s1. The molecule has 0 spiro atoms. The van der Waals surface area contributed by atoms with Gasteiger partial charge in [0.25, 0.3) is 0 Å². The summed E-state index contributed by atoms with van der Waals surface area (Å²) in [5.74, 6) is 0.966. The highest BCUT2D eigenvalue weighted by molar-refractivity contribution is 6.32. The van der Waals surface area contributed by atoms with Crippen LogP contribution in [0.5, 0.6) is 5.75 Å². The minimum absolute atomic E-state index is 0.144. The van der Waals surface area contributed by atoms with Gasteiger partial charge < -0.3 is 10.4 Å². The van der Waals surface area contributed by atoms with Crippen LogP contribution in [0.2, 0.25) is 5.02 Å². The summed E-state index contributed by atoms with van der Waals surface area (Å²) in [4.78, 5) is 0. The van der Waals surface area contributed by atoms with Crippen molar-refractivity contribution in [2.24, 2.45) is 16.7 Å². The number of halogens is 1. The number of nitrogens with one attached hydrogen (secondary N) is 1. The SMILES string of the molecule is CC1(C)C(Nc2ccc(O)c(Cl)c2)[C@]2(C)CC[C@H]1C2. The number of anilines is 1. The lowest BCUT2D eigenvalue weighted by atomic mass is 9.68. The van der Waals surface area contributed by atoms with Gasteiger partial charge in [0.05, 0.1) is 5.02 Å². The Morgan fingerprint density at radius 3 is 2.63 bits per heavy atom. The van der Waals surface area contributed by atoms with E-state index in [4.69, 9.17) is 11.6 Å². The molecule has 3 atom stereocenters. The minimum Gasteiger partial charge on any atom is -0.506 e. The Balaban J connectivity index is 1.88. The topological polar surface area (TPSA) is 32.3 Å². The van der Waals surface area contributed by atoms with E-state index in [1.165, 1.54) is 19.3 Å². The van der Waals surface area contributed by atoms with Crippen molar-refractivity contribution in [3.8, 4) is 5.75 Å². The molecular weight excluding hydrogens is 258 g/mol. The molecule has 1 aromatic rings. The first-order chi connectivity index (χ1) is 8.83. The van der Waals surface area contributed by atoms with Gasteiger partial charge in [-0.15, -0.1) is 0 Å². The Labute approximate surface area is 120 Å². The lowest BCUT2D eigenvalue weighted by Crippen LogP contribution is -2.45. The Kier molecular flexibility index (Phi) is 2.79. The Hall–Kier alpha value is -0.890. The van der Waals surface area contributed by atoms with E-state index in [1.54, 1.807) is 6.07 Å². The third-order valence-corrected chi connectivity index (χ3v) is 5.83. The smallest absolute Gasteiger partial charge is 0.134 e. The number of phenolic OH excluding ortho intramolecular Hbond substituents is 1. The van der Waals surface area contributed by atoms with Gasteiger partial charge in [-0.2, -0.15) is 0 Å². The fourth-order valence-corrected chi connectivity index (χ4v) is 4.61. The maximum absolute atomic E-state index is 9.50. The highest BCUT2D eigenvalue weighted by Crippen LogP contribution is 2.63. The molecule has 2 N–H and O–H groups in total. The van der Waals surface area contributed by atoms with Crippen molar-refractivity contribution in [3.05, 3.63) is 23.2 Å². The summed E-state index contributed by atoms with van der Waals surface area (Å²) < 4.78 is 0. The van der Waals surface area contributed by atoms with Gasteiger partial charge in [-0.1, -0.05) is 32.4 Å². The van der Waals surface area contributed by atoms with Gasteiger partial charge in [-0.05, 0) is 54.2 Å². The Morgan fingerprint density at radius 2 is 2.05 bits per heavy atom. The monoisotopic (exact) mass is 279 g/mol. The summed E-state index contributed by atoms with van der Waals surface area (Å²) in [6, 6.07) is 5.86. The largest absolute Gasteiger partial charge is 0.506 e. The van der Waals surface area contributed by atoms with Gasteiger partial charge in [-0.3, -0.25) is 0 Å². The van der Waals surface area contributed by atoms with Gasteiger partial charge >= 0.3 is 0 Å². The van der Waals surface area contributed by atoms with Crippen molar-refractivity contribution >= 4 is 17.3 Å². The highest BCUT2D eigenvalue weighted by atomic mass is 35.5. The van der Waals surface area contributed by atoms with E-state index < -0.39 is 0 Å². The van der Waals surface area contributed by atoms with Gasteiger partial charge in [0.2, 0.25) is 0 Å². The van der Waals surface area contributed by atoms with Crippen molar-refractivity contribution in [3.63, 3.8) is 0 Å². The van der Waals surface area contributed by atoms with Crippen LogP contribution in [0.15, 0.2) is 18.2 Å². The molecule has 0 amide bonds. The van der Waals surface area contributed by atoms with Crippen molar-refractivity contribution < 1.29 is 5.11 Å². The zero-order valence-corrected chi connectivity index (χ0v) is 12.6. The molecule has 2 saturated carbocycles. The minimum atomic E-state index is 0.144. The molecule has 0 aliphatic heterocycles. The second-order valence-corrected chi connectivity index (χ2v) is 7.57. The van der Waals surface area contributed by atoms with E-state index in [-0.39, 0.29) is 5.75 Å². The molecule has 0 aromatic heterocycles. The lowest BCUT2D eigenvalue weighted by Gasteiger charge is -2.43. The second-order valence-electron chi connectivity index (χ2n) is 7.16. The number of aromatic hydroxyl groups is 1. The van der Waals surface area contributed by atoms with Crippen molar-refractivity contribution in [1.29, 1.82) is 0 Å². The van der Waals surface area contributed by atoms with Gasteiger partial charge in [-0.25, -0.2) is 0 Å². The maximum Gasteiger partial charge on any atom is 0.134 e. The first kappa shape index (κ1) is 13.1. The van der Waals surface area contributed by atoms with Crippen molar-refractivity contribution in [1.82, 2.24) is 0 Å². The molecule has 104 valence electrons. The van der Waals surface area contributed by atoms with Crippen LogP contribution in [-0.4, -0.2) is 11.1 Å². The van der Waals surface area contributed by atoms with Crippen LogP contribution in [0.1, 0.15) is 40.0 Å². The van der Waals surface area contributed by atoms with Crippen LogP contribution in [-0.2, 0) is 0 Å². The molecular formula is C16H22ClNO. The summed E-state index contributed by atoms with van der Waals surface area (Å²) in [5.41, 5.74) is 1.71. The molecule has 0 saturated heterocycles. The predicted octanol–water partition coefficient (Wildman–Crippen LogP) is 4.67. The molecule has 1 aromatic carbocycles. The van der Waals surface area contributed by atoms with E-state index in [0.29, 0.717) is 21.9 Å². The molecule has 2 nitrogen and oxygen atoms in total. The van der Waals surface area contributed by atoms with Crippen LogP contribution in [0, 0.1) is 16.7 Å². The quantitative estimate of drug-likeness (QED) is 0.771. The molecule has 0 radical (unpaired) electrons. The van der Waals surface area contributed by atoms with Crippen molar-refractivity contribution in [2.75, 3.05) is 5.32 Å². The number of fused-ring (bicyclic) bond motifs is 2. The van der Waals surface area contributed by atoms with E-state index in [9.17, 15) is 5.11 Å². The van der Waals surface area contributed by atoms with Crippen LogP contribution in [0.3, 0.4) is 0 Å². The number of benzene rings is 1. The molecule has 0 heterocycles. The van der Waals surface area contributed by atoms with E-state index in [1.807, 2.05) is 12.1 Å². The zero-order chi connectivity index (χ0) is 13.8. The maximum atomic E-state index is 9.50.